The van der Waals surface area contributed by atoms with E-state index in [9.17, 15) is 13.2 Å². The first-order valence-electron chi connectivity index (χ1n) is 34.2. The summed E-state index contributed by atoms with van der Waals surface area (Å²) in [5.74, 6) is 2.01. The molecule has 5 N–H and O–H groups in total. The molecule has 0 saturated carbocycles. The van der Waals surface area contributed by atoms with Gasteiger partial charge in [-0.2, -0.15) is 13.2 Å². The van der Waals surface area contributed by atoms with Crippen molar-refractivity contribution in [1.82, 2.24) is 56.3 Å². The van der Waals surface area contributed by atoms with Crippen LogP contribution in [0.3, 0.4) is 0 Å². The van der Waals surface area contributed by atoms with Gasteiger partial charge in [-0.25, -0.2) is 39.9 Å². The highest BCUT2D eigenvalue weighted by Gasteiger charge is 2.43. The zero-order chi connectivity index (χ0) is 66.1. The summed E-state index contributed by atoms with van der Waals surface area (Å²) in [5, 5.41) is 21.0. The van der Waals surface area contributed by atoms with Crippen LogP contribution in [0.4, 0.5) is 31.0 Å². The molecule has 20 heteroatoms. The number of piperazine rings is 1. The number of anilines is 3. The Balaban J connectivity index is 0.000000143. The lowest BCUT2D eigenvalue weighted by Crippen LogP contribution is -2.48. The Morgan fingerprint density at radius 2 is 1.15 bits per heavy atom. The van der Waals surface area contributed by atoms with E-state index in [1.165, 1.54) is 81.3 Å². The molecule has 4 saturated heterocycles. The van der Waals surface area contributed by atoms with E-state index in [0.717, 1.165) is 132 Å². The van der Waals surface area contributed by atoms with Crippen LogP contribution in [-0.4, -0.2) is 120 Å². The van der Waals surface area contributed by atoms with Gasteiger partial charge in [-0.3, -0.25) is 0 Å². The normalized spacial score (nSPS) is 18.2. The lowest BCUT2D eigenvalue weighted by Gasteiger charge is -2.43. The second-order valence-electron chi connectivity index (χ2n) is 25.1. The number of halogens is 3. The molecule has 0 radical (unpaired) electrons. The van der Waals surface area contributed by atoms with Crippen LogP contribution < -0.4 is 36.4 Å². The Bertz CT molecular complexity index is 3850. The van der Waals surface area contributed by atoms with E-state index >= 15 is 0 Å². The van der Waals surface area contributed by atoms with Crippen molar-refractivity contribution in [2.24, 2.45) is 9.98 Å². The lowest BCUT2D eigenvalue weighted by atomic mass is 9.64. The summed E-state index contributed by atoms with van der Waals surface area (Å²) in [6.45, 7) is 21.4. The Morgan fingerprint density at radius 3 is 1.73 bits per heavy atom. The fourth-order valence-electron chi connectivity index (χ4n) is 14.9. The Kier molecular flexibility index (Phi) is 22.6. The molecule has 15 rings (SSSR count). The van der Waals surface area contributed by atoms with Crippen molar-refractivity contribution >= 4 is 30.5 Å². The number of hydrogen-bond acceptors (Lipinski definition) is 15. The highest BCUT2D eigenvalue weighted by atomic mass is 19.4. The fourth-order valence-corrected chi connectivity index (χ4v) is 14.9. The molecule has 0 bridgehead atoms. The molecule has 4 fully saturated rings. The molecule has 0 atom stereocenters. The molecule has 498 valence electrons. The first kappa shape index (κ1) is 67.7. The number of allylic oxidation sites excluding steroid dienone is 1. The predicted molar refractivity (Wildman–Crippen MR) is 374 cm³/mol. The van der Waals surface area contributed by atoms with Gasteiger partial charge in [-0.15, -0.1) is 0 Å². The average molecular weight is 1290 g/mol. The third-order valence-corrected chi connectivity index (χ3v) is 19.5. The van der Waals surface area contributed by atoms with E-state index in [-0.39, 0.29) is 22.2 Å². The molecule has 3 aliphatic carbocycles. The standard InChI is InChI=1S/C25H26F3N7.C25H28N4.C21H25N5O.2C2H6/c26-25(27,28)20-5-8-30-22(32-20)34-11-13-35(14-12-34)23-31-16-17-15-24(6-9-29-10-7-24)19-4-2-1-3-18(19)21(17)33-23;1-2-7-19(8-3-1)9-6-14-27-24-28-18-20-17-25(12-15-26-16-13-25)22-11-5-4-10-21(22)23(20)29-24;1-22-20(25-15-18-6-11-27-26-18)24-14-16-12-17-4-2-3-5-19(17)21(13-16)7-9-23-10-8-21;2*1-2/h1-5,8,16,29H,6-7,9-15H2;1-5,7-8,10-11,18,26H,6,9,12-17H2,(H,27,28,29);2-6,11,14,23H,1,7-10,12-13,15H2,(H,24,25);2*1-2H3/b;;16-14+;;. The maximum Gasteiger partial charge on any atom is 0.433 e. The van der Waals surface area contributed by atoms with Gasteiger partial charge in [0.25, 0.3) is 0 Å². The van der Waals surface area contributed by atoms with Crippen LogP contribution in [0.15, 0.2) is 166 Å². The second-order valence-corrected chi connectivity index (χ2v) is 25.1. The number of fused-ring (bicyclic) bond motifs is 10. The summed E-state index contributed by atoms with van der Waals surface area (Å²) in [5.41, 5.74) is 16.1. The van der Waals surface area contributed by atoms with E-state index in [1.54, 1.807) is 17.2 Å². The van der Waals surface area contributed by atoms with Crippen molar-refractivity contribution in [3.05, 3.63) is 202 Å². The van der Waals surface area contributed by atoms with Gasteiger partial charge in [0.2, 0.25) is 23.8 Å². The maximum absolute atomic E-state index is 13.0. The minimum atomic E-state index is -4.49. The molecule has 8 aromatic rings. The number of piperidine rings is 3. The van der Waals surface area contributed by atoms with Crippen molar-refractivity contribution in [3.8, 4) is 22.5 Å². The number of guanidine groups is 1. The van der Waals surface area contributed by atoms with Crippen molar-refractivity contribution in [3.63, 3.8) is 0 Å². The number of benzene rings is 4. The number of aromatic nitrogens is 7. The van der Waals surface area contributed by atoms with Gasteiger partial charge in [0, 0.05) is 91.0 Å². The summed E-state index contributed by atoms with van der Waals surface area (Å²) in [6, 6.07) is 39.7. The van der Waals surface area contributed by atoms with Crippen LogP contribution >= 0.6 is 0 Å². The number of hydrogen-bond donors (Lipinski definition) is 5. The SMILES string of the molecule is C=NC(=NCc1ccon1)N/C=C1\Cc2ccccc2C2(CCNCC2)C1.CC.CC.FC(F)(F)c1ccnc(N2CCN(c3ncc4c(n3)-c3ccccc3C3(CCNCC3)C4)CC2)n1.c1ccc(CCCNc2ncc3c(n2)-c2ccccc2C2(CCNCC2)C3)cc1. The monoisotopic (exact) mass is 1290 g/mol. The molecule has 4 aromatic heterocycles. The zero-order valence-corrected chi connectivity index (χ0v) is 55.5. The summed E-state index contributed by atoms with van der Waals surface area (Å²) in [7, 11) is 0. The van der Waals surface area contributed by atoms with Crippen LogP contribution in [-0.2, 0) is 54.6 Å². The van der Waals surface area contributed by atoms with Gasteiger partial charge in [0.15, 0.2) is 0 Å². The molecule has 0 amide bonds. The summed E-state index contributed by atoms with van der Waals surface area (Å²) < 4.78 is 44.0. The highest BCUT2D eigenvalue weighted by Crippen LogP contribution is 2.49. The molecular formula is C75H91F3N16O. The van der Waals surface area contributed by atoms with Gasteiger partial charge in [-0.1, -0.05) is 136 Å². The molecule has 17 nitrogen and oxygen atoms in total. The van der Waals surface area contributed by atoms with Crippen molar-refractivity contribution < 1.29 is 17.7 Å². The molecule has 95 heavy (non-hydrogen) atoms. The van der Waals surface area contributed by atoms with Crippen LogP contribution in [0.2, 0.25) is 0 Å². The van der Waals surface area contributed by atoms with Crippen LogP contribution in [0.5, 0.6) is 0 Å². The van der Waals surface area contributed by atoms with Gasteiger partial charge in [0.1, 0.15) is 17.7 Å². The van der Waals surface area contributed by atoms with Crippen molar-refractivity contribution in [2.75, 3.05) is 87.1 Å². The third-order valence-electron chi connectivity index (χ3n) is 19.5. The van der Waals surface area contributed by atoms with Crippen LogP contribution in [0.25, 0.3) is 22.5 Å². The van der Waals surface area contributed by atoms with Crippen molar-refractivity contribution in [1.29, 1.82) is 0 Å². The Hall–Kier alpha value is -8.72. The average Bonchev–Trinajstić information content (AvgIpc) is 0.938. The molecule has 8 heterocycles. The zero-order valence-electron chi connectivity index (χ0n) is 55.5. The first-order chi connectivity index (χ1) is 46.6. The number of alkyl halides is 3. The Morgan fingerprint density at radius 1 is 0.611 bits per heavy atom. The molecule has 3 spiro atoms. The van der Waals surface area contributed by atoms with Crippen LogP contribution in [0, 0.1) is 0 Å². The lowest BCUT2D eigenvalue weighted by molar-refractivity contribution is -0.141. The largest absolute Gasteiger partial charge is 0.433 e. The van der Waals surface area contributed by atoms with Gasteiger partial charge < -0.3 is 40.9 Å². The first-order valence-corrected chi connectivity index (χ1v) is 34.2. The van der Waals surface area contributed by atoms with E-state index in [2.05, 4.69) is 184 Å². The number of nitrogens with one attached hydrogen (secondary N) is 5. The smallest absolute Gasteiger partial charge is 0.364 e. The van der Waals surface area contributed by atoms with Crippen molar-refractivity contribution in [2.45, 2.75) is 134 Å². The minimum absolute atomic E-state index is 0.104. The van der Waals surface area contributed by atoms with Gasteiger partial charge >= 0.3 is 6.18 Å². The number of aryl methyl sites for hydroxylation is 1. The third kappa shape index (κ3) is 15.8. The van der Waals surface area contributed by atoms with E-state index < -0.39 is 11.9 Å². The summed E-state index contributed by atoms with van der Waals surface area (Å²) in [4.78, 5) is 39.4. The van der Waals surface area contributed by atoms with E-state index in [0.29, 0.717) is 44.6 Å². The second kappa shape index (κ2) is 31.7. The predicted octanol–water partition coefficient (Wildman–Crippen LogP) is 12.8. The maximum atomic E-state index is 13.0. The Labute approximate surface area is 557 Å². The number of aliphatic imine (C=N–C) groups is 2. The fraction of sp³-hybridized carbons (Fsp3) is 0.427. The number of rotatable bonds is 10. The summed E-state index contributed by atoms with van der Waals surface area (Å²) >= 11 is 0. The van der Waals surface area contributed by atoms with E-state index in [1.807, 2.05) is 33.9 Å². The van der Waals surface area contributed by atoms with Gasteiger partial charge in [-0.05, 0) is 174 Å². The van der Waals surface area contributed by atoms with Gasteiger partial charge in [0.05, 0.1) is 17.9 Å². The molecule has 4 aromatic carbocycles. The highest BCUT2D eigenvalue weighted by molar-refractivity contribution is 5.85. The molecule has 0 unspecified atom stereocenters. The van der Waals surface area contributed by atoms with E-state index in [4.69, 9.17) is 19.5 Å². The molecular weight excluding hydrogens is 1200 g/mol. The molecule has 7 aliphatic rings. The quantitative estimate of drug-likeness (QED) is 0.0493. The minimum Gasteiger partial charge on any atom is -0.364 e. The topological polar surface area (TPSA) is 195 Å². The summed E-state index contributed by atoms with van der Waals surface area (Å²) in [6.07, 6.45) is 17.4. The number of nitrogens with zero attached hydrogens (tertiary/aromatic N) is 11. The van der Waals surface area contributed by atoms with Crippen LogP contribution in [0.1, 0.15) is 129 Å². The molecule has 4 aliphatic heterocycles.